The third-order valence-electron chi connectivity index (χ3n) is 8.47. The van der Waals surface area contributed by atoms with E-state index in [-0.39, 0.29) is 35.0 Å². The molecule has 0 radical (unpaired) electrons. The number of para-hydroxylation sites is 1. The molecule has 2 aromatic rings. The van der Waals surface area contributed by atoms with E-state index in [1.165, 1.54) is 4.88 Å². The van der Waals surface area contributed by atoms with Gasteiger partial charge in [-0.25, -0.2) is 4.98 Å². The maximum absolute atomic E-state index is 13.2. The molecule has 3 aliphatic rings. The predicted octanol–water partition coefficient (Wildman–Crippen LogP) is 5.74. The second-order valence-corrected chi connectivity index (χ2v) is 12.5. The van der Waals surface area contributed by atoms with E-state index < -0.39 is 6.10 Å². The van der Waals surface area contributed by atoms with Gasteiger partial charge in [0, 0.05) is 29.8 Å². The zero-order valence-corrected chi connectivity index (χ0v) is 22.7. The fourth-order valence-electron chi connectivity index (χ4n) is 6.58. The summed E-state index contributed by atoms with van der Waals surface area (Å²) in [4.78, 5) is 21.3. The molecule has 0 spiro atoms. The molecule has 2 N–H and O–H groups in total. The average Bonchev–Trinajstić information content (AvgIpc) is 3.23. The Labute approximate surface area is 221 Å². The molecule has 6 atom stereocenters. The number of halogens is 2. The van der Waals surface area contributed by atoms with Crippen molar-refractivity contribution < 1.29 is 14.6 Å². The Bertz CT molecular complexity index is 1090. The number of ether oxygens (including phenoxy) is 1. The Kier molecular flexibility index (Phi) is 7.09. The van der Waals surface area contributed by atoms with E-state index in [0.717, 1.165) is 30.1 Å². The standard InChI is InChI=1S/C26H33Cl2N3O3S/c1-14(24(33)31-9-11-34-12-10-31)16-7-8-26(3)13-19-21(15(2)20(26)23(16)32)29-25(35-19)30-22-17(27)5-4-6-18(22)28/h4-6,14-16,20,23,32H,7-13H2,1-3H3,(H,29,30)/t14-,15-,16?,20+,23-,26-/m0/s1. The lowest BCUT2D eigenvalue weighted by Crippen LogP contribution is -2.54. The number of amides is 1. The van der Waals surface area contributed by atoms with Gasteiger partial charge < -0.3 is 20.1 Å². The summed E-state index contributed by atoms with van der Waals surface area (Å²) < 4.78 is 5.41. The van der Waals surface area contributed by atoms with E-state index >= 15 is 0 Å². The highest BCUT2D eigenvalue weighted by Gasteiger charge is 2.54. The molecule has 0 bridgehead atoms. The topological polar surface area (TPSA) is 74.7 Å². The number of benzene rings is 1. The number of anilines is 2. The van der Waals surface area contributed by atoms with Crippen molar-refractivity contribution in [2.45, 2.75) is 52.1 Å². The Hall–Kier alpha value is -1.38. The molecule has 2 heterocycles. The summed E-state index contributed by atoms with van der Waals surface area (Å²) in [5, 5.41) is 16.9. The van der Waals surface area contributed by atoms with Crippen molar-refractivity contribution in [1.82, 2.24) is 9.88 Å². The molecule has 1 aromatic heterocycles. The molecule has 1 saturated carbocycles. The lowest BCUT2D eigenvalue weighted by Gasteiger charge is -2.53. The molecule has 1 saturated heterocycles. The fraction of sp³-hybridized carbons (Fsp3) is 0.615. The Morgan fingerprint density at radius 3 is 2.69 bits per heavy atom. The van der Waals surface area contributed by atoms with E-state index in [1.54, 1.807) is 23.5 Å². The first kappa shape index (κ1) is 25.3. The molecule has 35 heavy (non-hydrogen) atoms. The summed E-state index contributed by atoms with van der Waals surface area (Å²) in [6.45, 7) is 8.91. The number of hydrogen-bond acceptors (Lipinski definition) is 6. The van der Waals surface area contributed by atoms with Gasteiger partial charge in [0.1, 0.15) is 0 Å². The quantitative estimate of drug-likeness (QED) is 0.519. The first-order valence-electron chi connectivity index (χ1n) is 12.4. The van der Waals surface area contributed by atoms with Gasteiger partial charge in [-0.2, -0.15) is 0 Å². The molecular weight excluding hydrogens is 505 g/mol. The number of carbonyl (C=O) groups is 1. The van der Waals surface area contributed by atoms with Gasteiger partial charge in [0.05, 0.1) is 40.7 Å². The summed E-state index contributed by atoms with van der Waals surface area (Å²) >= 11 is 14.4. The van der Waals surface area contributed by atoms with Crippen LogP contribution in [0.4, 0.5) is 10.8 Å². The summed E-state index contributed by atoms with van der Waals surface area (Å²) in [5.41, 5.74) is 1.67. The Balaban J connectivity index is 1.37. The second-order valence-electron chi connectivity index (χ2n) is 10.6. The molecule has 1 unspecified atom stereocenters. The molecule has 1 amide bonds. The number of aromatic nitrogens is 1. The Morgan fingerprint density at radius 1 is 1.31 bits per heavy atom. The average molecular weight is 539 g/mol. The largest absolute Gasteiger partial charge is 0.392 e. The minimum absolute atomic E-state index is 0.0318. The number of thiazole rings is 1. The molecule has 5 rings (SSSR count). The summed E-state index contributed by atoms with van der Waals surface area (Å²) in [5.74, 6) is 0.0111. The lowest BCUT2D eigenvalue weighted by atomic mass is 9.53. The number of morpholine rings is 1. The van der Waals surface area contributed by atoms with Crippen LogP contribution < -0.4 is 5.32 Å². The highest BCUT2D eigenvalue weighted by atomic mass is 35.5. The fourth-order valence-corrected chi connectivity index (χ4v) is 8.34. The number of nitrogens with zero attached hydrogens (tertiary/aromatic N) is 2. The maximum atomic E-state index is 13.2. The SMILES string of the molecule is C[C@H](C(=O)N1CCOCC1)C1CC[C@@]2(C)Cc3sc(Nc4c(Cl)cccc4Cl)nc3[C@@H](C)[C@@H]2[C@H]1O. The van der Waals surface area contributed by atoms with Gasteiger partial charge in [-0.1, -0.05) is 50.0 Å². The molecule has 1 aromatic carbocycles. The number of carbonyl (C=O) groups excluding carboxylic acids is 1. The smallest absolute Gasteiger partial charge is 0.225 e. The summed E-state index contributed by atoms with van der Waals surface area (Å²) in [6, 6.07) is 5.42. The minimum atomic E-state index is -0.548. The number of fused-ring (bicyclic) bond motifs is 2. The van der Waals surface area contributed by atoms with Crippen LogP contribution in [0, 0.1) is 23.2 Å². The normalized spacial score (nSPS) is 31.4. The van der Waals surface area contributed by atoms with E-state index in [2.05, 4.69) is 19.2 Å². The number of nitrogens with one attached hydrogen (secondary N) is 1. The molecule has 2 fully saturated rings. The van der Waals surface area contributed by atoms with E-state index in [1.807, 2.05) is 17.9 Å². The van der Waals surface area contributed by atoms with Crippen molar-refractivity contribution in [3.63, 3.8) is 0 Å². The van der Waals surface area contributed by atoms with Crippen molar-refractivity contribution in [3.05, 3.63) is 38.8 Å². The van der Waals surface area contributed by atoms with Crippen molar-refractivity contribution in [2.75, 3.05) is 31.6 Å². The van der Waals surface area contributed by atoms with Crippen LogP contribution in [0.3, 0.4) is 0 Å². The van der Waals surface area contributed by atoms with Crippen LogP contribution in [0.5, 0.6) is 0 Å². The monoisotopic (exact) mass is 537 g/mol. The van der Waals surface area contributed by atoms with E-state index in [4.69, 9.17) is 32.9 Å². The van der Waals surface area contributed by atoms with Gasteiger partial charge in [0.15, 0.2) is 5.13 Å². The molecular formula is C26H33Cl2N3O3S. The van der Waals surface area contributed by atoms with Crippen molar-refractivity contribution in [2.24, 2.45) is 23.2 Å². The molecule has 9 heteroatoms. The van der Waals surface area contributed by atoms with Crippen molar-refractivity contribution in [1.29, 1.82) is 0 Å². The number of hydrogen-bond donors (Lipinski definition) is 2. The number of rotatable bonds is 4. The van der Waals surface area contributed by atoms with E-state index in [9.17, 15) is 9.90 Å². The lowest BCUT2D eigenvalue weighted by molar-refractivity contribution is -0.148. The first-order valence-corrected chi connectivity index (χ1v) is 14.0. The van der Waals surface area contributed by atoms with Gasteiger partial charge >= 0.3 is 0 Å². The van der Waals surface area contributed by atoms with Crippen molar-refractivity contribution >= 4 is 51.3 Å². The number of aliphatic hydroxyl groups excluding tert-OH is 1. The molecule has 2 aliphatic carbocycles. The van der Waals surface area contributed by atoms with Crippen LogP contribution in [0.25, 0.3) is 0 Å². The molecule has 190 valence electrons. The third-order valence-corrected chi connectivity index (χ3v) is 10.1. The highest BCUT2D eigenvalue weighted by Crippen LogP contribution is 2.57. The molecule has 6 nitrogen and oxygen atoms in total. The van der Waals surface area contributed by atoms with Gasteiger partial charge in [0.25, 0.3) is 0 Å². The highest BCUT2D eigenvalue weighted by molar-refractivity contribution is 7.15. The Morgan fingerprint density at radius 2 is 2.00 bits per heavy atom. The predicted molar refractivity (Wildman–Crippen MR) is 141 cm³/mol. The summed E-state index contributed by atoms with van der Waals surface area (Å²) in [7, 11) is 0. The van der Waals surface area contributed by atoms with Crippen LogP contribution in [0.2, 0.25) is 10.0 Å². The van der Waals surface area contributed by atoms with Gasteiger partial charge in [-0.15, -0.1) is 11.3 Å². The first-order chi connectivity index (χ1) is 16.7. The van der Waals surface area contributed by atoms with Crippen LogP contribution in [-0.2, 0) is 16.0 Å². The van der Waals surface area contributed by atoms with Crippen LogP contribution in [0.15, 0.2) is 18.2 Å². The maximum Gasteiger partial charge on any atom is 0.225 e. The number of aliphatic hydroxyl groups is 1. The van der Waals surface area contributed by atoms with Crippen molar-refractivity contribution in [3.8, 4) is 0 Å². The zero-order valence-electron chi connectivity index (χ0n) is 20.4. The molecule has 1 aliphatic heterocycles. The second kappa shape index (κ2) is 9.82. The van der Waals surface area contributed by atoms with Crippen LogP contribution in [0.1, 0.15) is 50.1 Å². The van der Waals surface area contributed by atoms with Gasteiger partial charge in [-0.05, 0) is 48.6 Å². The van der Waals surface area contributed by atoms with Crippen LogP contribution >= 0.6 is 34.5 Å². The van der Waals surface area contributed by atoms with Gasteiger partial charge in [0.2, 0.25) is 5.91 Å². The zero-order chi connectivity index (χ0) is 24.9. The third kappa shape index (κ3) is 4.59. The summed E-state index contributed by atoms with van der Waals surface area (Å²) in [6.07, 6.45) is 2.17. The van der Waals surface area contributed by atoms with Gasteiger partial charge in [-0.3, -0.25) is 4.79 Å². The van der Waals surface area contributed by atoms with Crippen LogP contribution in [-0.4, -0.2) is 53.3 Å². The minimum Gasteiger partial charge on any atom is -0.392 e. The van der Waals surface area contributed by atoms with E-state index in [0.29, 0.717) is 42.0 Å².